The van der Waals surface area contributed by atoms with Gasteiger partial charge in [0.15, 0.2) is 11.5 Å². The first-order valence-electron chi connectivity index (χ1n) is 5.90. The first-order valence-corrected chi connectivity index (χ1v) is 5.90. The van der Waals surface area contributed by atoms with E-state index in [0.717, 1.165) is 16.8 Å². The molecule has 0 saturated heterocycles. The average Bonchev–Trinajstić information content (AvgIpc) is 2.68. The summed E-state index contributed by atoms with van der Waals surface area (Å²) >= 11 is 0. The molecular formula is C13H16N2O3. The highest BCUT2D eigenvalue weighted by atomic mass is 16.5. The Kier molecular flexibility index (Phi) is 3.50. The molecule has 0 bridgehead atoms. The van der Waals surface area contributed by atoms with Crippen LogP contribution in [-0.4, -0.2) is 23.6 Å². The maximum Gasteiger partial charge on any atom is 0.328 e. The van der Waals surface area contributed by atoms with Crippen molar-refractivity contribution in [1.82, 2.24) is 4.98 Å². The SMILES string of the molecule is CCOC(=O)[C@@H](C)Nc1ccc2oc(C)nc2c1. The van der Waals surface area contributed by atoms with Crippen molar-refractivity contribution in [3.05, 3.63) is 24.1 Å². The lowest BCUT2D eigenvalue weighted by Gasteiger charge is -2.13. The van der Waals surface area contributed by atoms with Gasteiger partial charge in [0.1, 0.15) is 11.6 Å². The van der Waals surface area contributed by atoms with Gasteiger partial charge in [-0.05, 0) is 32.0 Å². The molecule has 1 N–H and O–H groups in total. The van der Waals surface area contributed by atoms with Crippen LogP contribution >= 0.6 is 0 Å². The van der Waals surface area contributed by atoms with Crippen LogP contribution in [0.1, 0.15) is 19.7 Å². The van der Waals surface area contributed by atoms with Crippen molar-refractivity contribution in [1.29, 1.82) is 0 Å². The molecule has 5 nitrogen and oxygen atoms in total. The molecule has 0 unspecified atom stereocenters. The molecule has 0 aliphatic carbocycles. The van der Waals surface area contributed by atoms with Gasteiger partial charge in [-0.1, -0.05) is 0 Å². The summed E-state index contributed by atoms with van der Waals surface area (Å²) in [4.78, 5) is 15.7. The zero-order chi connectivity index (χ0) is 13.1. The first kappa shape index (κ1) is 12.4. The van der Waals surface area contributed by atoms with E-state index < -0.39 is 6.04 Å². The van der Waals surface area contributed by atoms with Gasteiger partial charge in [-0.15, -0.1) is 0 Å². The number of esters is 1. The van der Waals surface area contributed by atoms with E-state index in [4.69, 9.17) is 9.15 Å². The number of rotatable bonds is 4. The third kappa shape index (κ3) is 2.61. The largest absolute Gasteiger partial charge is 0.464 e. The van der Waals surface area contributed by atoms with Crippen molar-refractivity contribution >= 4 is 22.8 Å². The zero-order valence-electron chi connectivity index (χ0n) is 10.7. The second-order valence-electron chi connectivity index (χ2n) is 4.03. The molecular weight excluding hydrogens is 232 g/mol. The standard InChI is InChI=1S/C13H16N2O3/c1-4-17-13(16)8(2)14-10-5-6-12-11(7-10)15-9(3)18-12/h5-8,14H,4H2,1-3H3/t8-/m1/s1. The summed E-state index contributed by atoms with van der Waals surface area (Å²) < 4.78 is 10.3. The van der Waals surface area contributed by atoms with E-state index in [1.165, 1.54) is 0 Å². The number of carbonyl (C=O) groups excluding carboxylic acids is 1. The van der Waals surface area contributed by atoms with Crippen LogP contribution in [0.5, 0.6) is 0 Å². The van der Waals surface area contributed by atoms with Crippen LogP contribution in [-0.2, 0) is 9.53 Å². The fraction of sp³-hybridized carbons (Fsp3) is 0.385. The summed E-state index contributed by atoms with van der Waals surface area (Å²) in [6.45, 7) is 5.73. The topological polar surface area (TPSA) is 64.4 Å². The van der Waals surface area contributed by atoms with E-state index in [1.54, 1.807) is 20.8 Å². The molecule has 2 rings (SSSR count). The van der Waals surface area contributed by atoms with Crippen molar-refractivity contribution in [2.75, 3.05) is 11.9 Å². The Bertz CT molecular complexity index is 562. The minimum atomic E-state index is -0.393. The molecule has 1 aromatic heterocycles. The zero-order valence-corrected chi connectivity index (χ0v) is 10.7. The second kappa shape index (κ2) is 5.08. The molecule has 5 heteroatoms. The van der Waals surface area contributed by atoms with Gasteiger partial charge in [-0.25, -0.2) is 9.78 Å². The van der Waals surface area contributed by atoms with E-state index in [-0.39, 0.29) is 5.97 Å². The number of nitrogens with one attached hydrogen (secondary N) is 1. The third-order valence-corrected chi connectivity index (χ3v) is 2.52. The van der Waals surface area contributed by atoms with E-state index in [9.17, 15) is 4.79 Å². The number of anilines is 1. The summed E-state index contributed by atoms with van der Waals surface area (Å²) in [6, 6.07) is 5.13. The number of hydrogen-bond donors (Lipinski definition) is 1. The van der Waals surface area contributed by atoms with E-state index in [1.807, 2.05) is 18.2 Å². The number of aryl methyl sites for hydroxylation is 1. The third-order valence-electron chi connectivity index (χ3n) is 2.52. The fourth-order valence-electron chi connectivity index (χ4n) is 1.71. The maximum absolute atomic E-state index is 11.5. The first-order chi connectivity index (χ1) is 8.60. The van der Waals surface area contributed by atoms with Crippen molar-refractivity contribution < 1.29 is 13.9 Å². The summed E-state index contributed by atoms with van der Waals surface area (Å²) in [5.74, 6) is 0.356. The molecule has 0 aliphatic heterocycles. The van der Waals surface area contributed by atoms with Crippen LogP contribution in [0.3, 0.4) is 0 Å². The number of carbonyl (C=O) groups is 1. The molecule has 1 heterocycles. The van der Waals surface area contributed by atoms with Crippen LogP contribution < -0.4 is 5.32 Å². The summed E-state index contributed by atoms with van der Waals surface area (Å²) in [7, 11) is 0. The molecule has 0 fully saturated rings. The lowest BCUT2D eigenvalue weighted by atomic mass is 10.2. The van der Waals surface area contributed by atoms with Crippen LogP contribution in [0.15, 0.2) is 22.6 Å². The minimum absolute atomic E-state index is 0.270. The molecule has 0 radical (unpaired) electrons. The smallest absolute Gasteiger partial charge is 0.328 e. The molecule has 1 aromatic carbocycles. The minimum Gasteiger partial charge on any atom is -0.464 e. The number of benzene rings is 1. The predicted octanol–water partition coefficient (Wildman–Crippen LogP) is 2.50. The number of fused-ring (bicyclic) bond motifs is 1. The van der Waals surface area contributed by atoms with Crippen molar-refractivity contribution in [2.24, 2.45) is 0 Å². The average molecular weight is 248 g/mol. The number of aromatic nitrogens is 1. The predicted molar refractivity (Wildman–Crippen MR) is 68.5 cm³/mol. The van der Waals surface area contributed by atoms with Crippen LogP contribution in [0, 0.1) is 6.92 Å². The van der Waals surface area contributed by atoms with Crippen molar-refractivity contribution in [3.63, 3.8) is 0 Å². The highest BCUT2D eigenvalue weighted by Crippen LogP contribution is 2.20. The molecule has 0 saturated carbocycles. The summed E-state index contributed by atoms with van der Waals surface area (Å²) in [5, 5.41) is 3.07. The lowest BCUT2D eigenvalue weighted by molar-refractivity contribution is -0.143. The summed E-state index contributed by atoms with van der Waals surface area (Å²) in [6.07, 6.45) is 0. The molecule has 0 amide bonds. The van der Waals surface area contributed by atoms with E-state index in [0.29, 0.717) is 12.5 Å². The fourth-order valence-corrected chi connectivity index (χ4v) is 1.71. The quantitative estimate of drug-likeness (QED) is 0.842. The van der Waals surface area contributed by atoms with E-state index >= 15 is 0 Å². The monoisotopic (exact) mass is 248 g/mol. The number of nitrogens with zero attached hydrogens (tertiary/aromatic N) is 1. The van der Waals surface area contributed by atoms with Gasteiger partial charge in [-0.2, -0.15) is 0 Å². The molecule has 96 valence electrons. The second-order valence-corrected chi connectivity index (χ2v) is 4.03. The van der Waals surface area contributed by atoms with Crippen LogP contribution in [0.25, 0.3) is 11.1 Å². The summed E-state index contributed by atoms with van der Waals surface area (Å²) in [5.41, 5.74) is 2.33. The van der Waals surface area contributed by atoms with Crippen molar-refractivity contribution in [2.45, 2.75) is 26.8 Å². The number of hydrogen-bond acceptors (Lipinski definition) is 5. The van der Waals surface area contributed by atoms with Crippen LogP contribution in [0.4, 0.5) is 5.69 Å². The molecule has 2 aromatic rings. The molecule has 0 aliphatic rings. The van der Waals surface area contributed by atoms with Gasteiger partial charge in [0, 0.05) is 12.6 Å². The van der Waals surface area contributed by atoms with Gasteiger partial charge in [-0.3, -0.25) is 0 Å². The maximum atomic E-state index is 11.5. The van der Waals surface area contributed by atoms with Gasteiger partial charge in [0.25, 0.3) is 0 Å². The highest BCUT2D eigenvalue weighted by molar-refractivity contribution is 5.81. The van der Waals surface area contributed by atoms with Gasteiger partial charge in [0.05, 0.1) is 6.61 Å². The Morgan fingerprint density at radius 2 is 2.33 bits per heavy atom. The van der Waals surface area contributed by atoms with Crippen LogP contribution in [0.2, 0.25) is 0 Å². The molecule has 1 atom stereocenters. The Morgan fingerprint density at radius 1 is 1.56 bits per heavy atom. The van der Waals surface area contributed by atoms with Gasteiger partial charge < -0.3 is 14.5 Å². The molecule has 18 heavy (non-hydrogen) atoms. The Hall–Kier alpha value is -2.04. The van der Waals surface area contributed by atoms with Crippen molar-refractivity contribution in [3.8, 4) is 0 Å². The van der Waals surface area contributed by atoms with Gasteiger partial charge >= 0.3 is 5.97 Å². The molecule has 0 spiro atoms. The number of ether oxygens (including phenoxy) is 1. The van der Waals surface area contributed by atoms with E-state index in [2.05, 4.69) is 10.3 Å². The Labute approximate surface area is 105 Å². The lowest BCUT2D eigenvalue weighted by Crippen LogP contribution is -2.28. The Balaban J connectivity index is 2.13. The normalized spacial score (nSPS) is 12.4. The number of oxazole rings is 1. The Morgan fingerprint density at radius 3 is 3.06 bits per heavy atom. The van der Waals surface area contributed by atoms with Gasteiger partial charge in [0.2, 0.25) is 0 Å². The highest BCUT2D eigenvalue weighted by Gasteiger charge is 2.13.